The van der Waals surface area contributed by atoms with E-state index in [2.05, 4.69) is 15.5 Å². The number of hydrogen-bond acceptors (Lipinski definition) is 10. The molecule has 1 aliphatic rings. The van der Waals surface area contributed by atoms with Crippen LogP contribution in [0.3, 0.4) is 0 Å². The number of rotatable bonds is 7. The van der Waals surface area contributed by atoms with Gasteiger partial charge in [-0.3, -0.25) is 9.69 Å². The Kier molecular flexibility index (Phi) is 14.4. The topological polar surface area (TPSA) is 263 Å². The molecule has 0 aliphatic carbocycles. The second-order valence-electron chi connectivity index (χ2n) is 6.47. The maximum Gasteiger partial charge on any atom is 0.414 e. The number of carbonyl (C=O) groups is 5. The minimum Gasteiger partial charge on any atom is -0.473 e. The second-order valence-corrected chi connectivity index (χ2v) is 8.03. The van der Waals surface area contributed by atoms with Gasteiger partial charge in [0.1, 0.15) is 0 Å². The lowest BCUT2D eigenvalue weighted by atomic mass is 10.3. The lowest BCUT2D eigenvalue weighted by Gasteiger charge is -2.26. The number of ether oxygens (including phenoxy) is 1. The predicted molar refractivity (Wildman–Crippen MR) is 117 cm³/mol. The third kappa shape index (κ3) is 15.8. The van der Waals surface area contributed by atoms with Crippen molar-refractivity contribution in [1.82, 2.24) is 10.2 Å². The van der Waals surface area contributed by atoms with Gasteiger partial charge in [-0.05, 0) is 18.2 Å². The SMILES string of the molecule is NS(=O)(=O)c1cccc(NC(=O)CNCCN2CCOCC2)c1.O=C(O)C(=O)O.O=C(O)C(=O)O. The van der Waals surface area contributed by atoms with Crippen molar-refractivity contribution in [3.05, 3.63) is 24.3 Å². The Bertz CT molecular complexity index is 945. The summed E-state index contributed by atoms with van der Waals surface area (Å²) in [4.78, 5) is 50.5. The van der Waals surface area contributed by atoms with E-state index in [9.17, 15) is 13.2 Å². The zero-order chi connectivity index (χ0) is 27.0. The number of nitrogens with zero attached hydrogens (tertiary/aromatic N) is 1. The highest BCUT2D eigenvalue weighted by molar-refractivity contribution is 7.89. The molecular weight excluding hydrogens is 496 g/mol. The maximum atomic E-state index is 11.8. The van der Waals surface area contributed by atoms with Gasteiger partial charge in [-0.15, -0.1) is 0 Å². The maximum absolute atomic E-state index is 11.8. The quantitative estimate of drug-likeness (QED) is 0.144. The van der Waals surface area contributed by atoms with Gasteiger partial charge in [-0.2, -0.15) is 0 Å². The molecular formula is C18H26N4O12S. The number of carboxylic acids is 4. The molecule has 0 saturated carbocycles. The fourth-order valence-electron chi connectivity index (χ4n) is 2.22. The van der Waals surface area contributed by atoms with Gasteiger partial charge in [0, 0.05) is 31.9 Å². The van der Waals surface area contributed by atoms with Gasteiger partial charge in [0.15, 0.2) is 0 Å². The molecule has 1 heterocycles. The Balaban J connectivity index is 0.000000797. The Labute approximate surface area is 199 Å². The molecule has 1 amide bonds. The van der Waals surface area contributed by atoms with Crippen molar-refractivity contribution in [1.29, 1.82) is 0 Å². The van der Waals surface area contributed by atoms with Crippen LogP contribution in [0.15, 0.2) is 29.2 Å². The average Bonchev–Trinajstić information content (AvgIpc) is 2.78. The van der Waals surface area contributed by atoms with Crippen LogP contribution < -0.4 is 15.8 Å². The molecule has 0 aromatic heterocycles. The number of aliphatic carboxylic acids is 4. The highest BCUT2D eigenvalue weighted by atomic mass is 32.2. The number of amides is 1. The summed E-state index contributed by atoms with van der Waals surface area (Å²) in [5, 5.41) is 40.3. The van der Waals surface area contributed by atoms with E-state index in [1.165, 1.54) is 18.2 Å². The number of hydrogen-bond donors (Lipinski definition) is 7. The van der Waals surface area contributed by atoms with E-state index in [0.717, 1.165) is 32.8 Å². The largest absolute Gasteiger partial charge is 0.473 e. The van der Waals surface area contributed by atoms with Crippen LogP contribution in [0.4, 0.5) is 5.69 Å². The number of benzene rings is 1. The number of morpholine rings is 1. The smallest absolute Gasteiger partial charge is 0.414 e. The van der Waals surface area contributed by atoms with E-state index >= 15 is 0 Å². The summed E-state index contributed by atoms with van der Waals surface area (Å²) in [6.07, 6.45) is 0. The van der Waals surface area contributed by atoms with Gasteiger partial charge in [0.05, 0.1) is 24.7 Å². The first-order valence-electron chi connectivity index (χ1n) is 9.60. The van der Waals surface area contributed by atoms with Crippen LogP contribution in [0.2, 0.25) is 0 Å². The van der Waals surface area contributed by atoms with E-state index in [4.69, 9.17) is 49.5 Å². The number of nitrogens with two attached hydrogens (primary N) is 1. The molecule has 17 heteroatoms. The zero-order valence-electron chi connectivity index (χ0n) is 18.2. The van der Waals surface area contributed by atoms with Gasteiger partial charge in [-0.1, -0.05) is 6.07 Å². The molecule has 16 nitrogen and oxygen atoms in total. The van der Waals surface area contributed by atoms with Crippen molar-refractivity contribution < 1.29 is 57.6 Å². The molecule has 0 unspecified atom stereocenters. The number of carbonyl (C=O) groups excluding carboxylic acids is 1. The molecule has 1 aromatic rings. The van der Waals surface area contributed by atoms with Crippen molar-refractivity contribution in [3.63, 3.8) is 0 Å². The standard InChI is InChI=1S/C14H22N4O4S.2C2H2O4/c15-23(20,21)13-3-1-2-12(10-13)17-14(19)11-16-4-5-18-6-8-22-9-7-18;2*3-1(4)2(5)6/h1-3,10,16H,4-9,11H2,(H,17,19)(H2,15,20,21);2*(H,3,4)(H,5,6). The van der Waals surface area contributed by atoms with Gasteiger partial charge in [0.2, 0.25) is 15.9 Å². The summed E-state index contributed by atoms with van der Waals surface area (Å²) in [6.45, 7) is 5.04. The molecule has 196 valence electrons. The lowest BCUT2D eigenvalue weighted by Crippen LogP contribution is -2.41. The van der Waals surface area contributed by atoms with Crippen molar-refractivity contribution in [2.75, 3.05) is 51.3 Å². The van der Waals surface area contributed by atoms with E-state index in [1.54, 1.807) is 6.07 Å². The summed E-state index contributed by atoms with van der Waals surface area (Å²) < 4.78 is 27.8. The van der Waals surface area contributed by atoms with E-state index < -0.39 is 33.9 Å². The van der Waals surface area contributed by atoms with Crippen LogP contribution in [0, 0.1) is 0 Å². The summed E-state index contributed by atoms with van der Waals surface area (Å²) in [7, 11) is -3.78. The van der Waals surface area contributed by atoms with Crippen LogP contribution in [0.25, 0.3) is 0 Å². The zero-order valence-corrected chi connectivity index (χ0v) is 19.1. The molecule has 0 atom stereocenters. The van der Waals surface area contributed by atoms with Crippen molar-refractivity contribution in [2.45, 2.75) is 4.90 Å². The van der Waals surface area contributed by atoms with Crippen LogP contribution in [-0.2, 0) is 38.7 Å². The van der Waals surface area contributed by atoms with Crippen LogP contribution in [0.1, 0.15) is 0 Å². The molecule has 0 spiro atoms. The third-order valence-electron chi connectivity index (χ3n) is 3.81. The molecule has 0 radical (unpaired) electrons. The summed E-state index contributed by atoms with van der Waals surface area (Å²) in [6, 6.07) is 5.86. The molecule has 2 rings (SSSR count). The molecule has 1 aliphatic heterocycles. The Hall–Kier alpha value is -3.64. The lowest BCUT2D eigenvalue weighted by molar-refractivity contribution is -0.159. The number of carboxylic acid groups (broad SMARTS) is 4. The molecule has 1 aromatic carbocycles. The molecule has 1 saturated heterocycles. The fraction of sp³-hybridized carbons (Fsp3) is 0.389. The Morgan fingerprint density at radius 1 is 0.943 bits per heavy atom. The summed E-state index contributed by atoms with van der Waals surface area (Å²) in [5.41, 5.74) is 0.400. The van der Waals surface area contributed by atoms with Gasteiger partial charge < -0.3 is 35.8 Å². The first kappa shape index (κ1) is 31.4. The van der Waals surface area contributed by atoms with Gasteiger partial charge in [0.25, 0.3) is 0 Å². The molecule has 0 bridgehead atoms. The third-order valence-corrected chi connectivity index (χ3v) is 4.72. The second kappa shape index (κ2) is 16.1. The van der Waals surface area contributed by atoms with Crippen molar-refractivity contribution in [3.8, 4) is 0 Å². The van der Waals surface area contributed by atoms with Gasteiger partial charge in [-0.25, -0.2) is 32.7 Å². The van der Waals surface area contributed by atoms with Crippen molar-refractivity contribution >= 4 is 45.5 Å². The fourth-order valence-corrected chi connectivity index (χ4v) is 2.78. The highest BCUT2D eigenvalue weighted by Crippen LogP contribution is 2.13. The van der Waals surface area contributed by atoms with Crippen LogP contribution in [-0.4, -0.2) is 109 Å². The highest BCUT2D eigenvalue weighted by Gasteiger charge is 2.11. The van der Waals surface area contributed by atoms with E-state index in [-0.39, 0.29) is 17.3 Å². The minimum absolute atomic E-state index is 0.0319. The minimum atomic E-state index is -3.78. The first-order chi connectivity index (χ1) is 16.2. The van der Waals surface area contributed by atoms with Crippen molar-refractivity contribution in [2.24, 2.45) is 5.14 Å². The summed E-state index contributed by atoms with van der Waals surface area (Å²) >= 11 is 0. The first-order valence-corrected chi connectivity index (χ1v) is 11.1. The molecule has 1 fully saturated rings. The molecule has 35 heavy (non-hydrogen) atoms. The van der Waals surface area contributed by atoms with E-state index in [1.807, 2.05) is 0 Å². The van der Waals surface area contributed by atoms with E-state index in [0.29, 0.717) is 12.2 Å². The Morgan fingerprint density at radius 2 is 1.46 bits per heavy atom. The number of sulfonamides is 1. The molecule has 8 N–H and O–H groups in total. The van der Waals surface area contributed by atoms with Gasteiger partial charge >= 0.3 is 23.9 Å². The normalized spacial score (nSPS) is 13.2. The van der Waals surface area contributed by atoms with Crippen LogP contribution >= 0.6 is 0 Å². The number of primary sulfonamides is 1. The number of nitrogens with one attached hydrogen (secondary N) is 2. The Morgan fingerprint density at radius 3 is 1.91 bits per heavy atom. The average molecular weight is 522 g/mol. The van der Waals surface area contributed by atoms with Crippen LogP contribution in [0.5, 0.6) is 0 Å². The monoisotopic (exact) mass is 522 g/mol. The number of anilines is 1. The summed E-state index contributed by atoms with van der Waals surface area (Å²) in [5.74, 6) is -7.53. The predicted octanol–water partition coefficient (Wildman–Crippen LogP) is -2.49.